The third-order valence-corrected chi connectivity index (χ3v) is 6.58. The summed E-state index contributed by atoms with van der Waals surface area (Å²) in [5.74, 6) is 2.77. The summed E-state index contributed by atoms with van der Waals surface area (Å²) < 4.78 is 7.66. The molecular formula is C21H28N4O2. The molecule has 0 N–H and O–H groups in total. The lowest BCUT2D eigenvalue weighted by Crippen LogP contribution is -2.47. The highest BCUT2D eigenvalue weighted by molar-refractivity contribution is 5.91. The minimum atomic E-state index is 0.0455. The smallest absolute Gasteiger partial charge is 0.289 e. The lowest BCUT2D eigenvalue weighted by Gasteiger charge is -2.40. The highest BCUT2D eigenvalue weighted by Crippen LogP contribution is 2.33. The molecule has 2 aromatic heterocycles. The lowest BCUT2D eigenvalue weighted by molar-refractivity contribution is 0.0686. The van der Waals surface area contributed by atoms with E-state index in [9.17, 15) is 4.79 Å². The van der Waals surface area contributed by atoms with Gasteiger partial charge < -0.3 is 9.32 Å². The van der Waals surface area contributed by atoms with Crippen molar-refractivity contribution in [3.8, 4) is 0 Å². The monoisotopic (exact) mass is 368 g/mol. The van der Waals surface area contributed by atoms with E-state index < -0.39 is 0 Å². The summed E-state index contributed by atoms with van der Waals surface area (Å²) in [5, 5.41) is 4.20. The Kier molecular flexibility index (Phi) is 4.52. The van der Waals surface area contributed by atoms with Gasteiger partial charge in [0, 0.05) is 44.6 Å². The largest absolute Gasteiger partial charge is 0.454 e. The number of fused-ring (bicyclic) bond motifs is 4. The van der Waals surface area contributed by atoms with Crippen LogP contribution in [0.4, 0.5) is 0 Å². The highest BCUT2D eigenvalue weighted by atomic mass is 16.4. The molecule has 1 aliphatic carbocycles. The number of amides is 1. The molecule has 2 atom stereocenters. The second kappa shape index (κ2) is 7.15. The fourth-order valence-corrected chi connectivity index (χ4v) is 4.86. The van der Waals surface area contributed by atoms with E-state index in [1.165, 1.54) is 38.6 Å². The Morgan fingerprint density at radius 1 is 1.15 bits per heavy atom. The van der Waals surface area contributed by atoms with E-state index in [1.807, 2.05) is 29.3 Å². The topological polar surface area (TPSA) is 54.5 Å². The van der Waals surface area contributed by atoms with Crippen LogP contribution < -0.4 is 0 Å². The average molecular weight is 368 g/mol. The van der Waals surface area contributed by atoms with E-state index in [2.05, 4.69) is 10.00 Å². The fraction of sp³-hybridized carbons (Fsp3) is 0.619. The molecule has 0 aromatic carbocycles. The first-order valence-corrected chi connectivity index (χ1v) is 10.3. The van der Waals surface area contributed by atoms with Crippen molar-refractivity contribution < 1.29 is 9.21 Å². The zero-order valence-corrected chi connectivity index (χ0v) is 15.8. The van der Waals surface area contributed by atoms with Crippen LogP contribution in [0, 0.1) is 11.8 Å². The number of piperidine rings is 1. The summed E-state index contributed by atoms with van der Waals surface area (Å²) in [6, 6.07) is 6.12. The van der Waals surface area contributed by atoms with Gasteiger partial charge in [0.2, 0.25) is 0 Å². The summed E-state index contributed by atoms with van der Waals surface area (Å²) in [6.07, 6.45) is 10.3. The van der Waals surface area contributed by atoms with Gasteiger partial charge in [-0.2, -0.15) is 5.10 Å². The van der Waals surface area contributed by atoms with Crippen molar-refractivity contribution in [3.05, 3.63) is 42.1 Å². The molecule has 1 saturated carbocycles. The van der Waals surface area contributed by atoms with Gasteiger partial charge in [-0.1, -0.05) is 6.42 Å². The Bertz CT molecular complexity index is 780. The molecule has 144 valence electrons. The molecule has 6 rings (SSSR count). The Morgan fingerprint density at radius 2 is 2.07 bits per heavy atom. The van der Waals surface area contributed by atoms with E-state index in [-0.39, 0.29) is 5.91 Å². The van der Waals surface area contributed by atoms with Gasteiger partial charge in [0.05, 0.1) is 6.54 Å². The molecule has 4 fully saturated rings. The predicted octanol–water partition coefficient (Wildman–Crippen LogP) is 2.86. The summed E-state index contributed by atoms with van der Waals surface area (Å²) in [5.41, 5.74) is 0. The van der Waals surface area contributed by atoms with E-state index >= 15 is 0 Å². The van der Waals surface area contributed by atoms with E-state index in [4.69, 9.17) is 4.42 Å². The molecule has 4 aliphatic rings. The minimum absolute atomic E-state index is 0.0455. The summed E-state index contributed by atoms with van der Waals surface area (Å²) in [4.78, 5) is 17.8. The van der Waals surface area contributed by atoms with E-state index in [1.54, 1.807) is 10.9 Å². The van der Waals surface area contributed by atoms with Gasteiger partial charge in [-0.25, -0.2) is 0 Å². The normalized spacial score (nSPS) is 26.1. The number of carbonyl (C=O) groups excluding carboxylic acids is 1. The van der Waals surface area contributed by atoms with Crippen LogP contribution in [0.15, 0.2) is 35.0 Å². The van der Waals surface area contributed by atoms with Gasteiger partial charge in [-0.05, 0) is 55.7 Å². The first-order valence-electron chi connectivity index (χ1n) is 10.3. The van der Waals surface area contributed by atoms with Crippen molar-refractivity contribution in [1.82, 2.24) is 19.6 Å². The molecule has 3 saturated heterocycles. The summed E-state index contributed by atoms with van der Waals surface area (Å²) in [6.45, 7) is 4.66. The van der Waals surface area contributed by atoms with Crippen LogP contribution in [-0.2, 0) is 6.54 Å². The molecular weight excluding hydrogens is 340 g/mol. The number of hydrogen-bond donors (Lipinski definition) is 0. The number of nitrogens with zero attached hydrogens (tertiary/aromatic N) is 4. The Balaban J connectivity index is 1.26. The van der Waals surface area contributed by atoms with Crippen LogP contribution in [0.3, 0.4) is 0 Å². The van der Waals surface area contributed by atoms with Crippen molar-refractivity contribution in [2.75, 3.05) is 26.2 Å². The number of furan rings is 1. The zero-order valence-electron chi connectivity index (χ0n) is 15.8. The van der Waals surface area contributed by atoms with Crippen molar-refractivity contribution >= 4 is 5.91 Å². The maximum absolute atomic E-state index is 13.1. The second-order valence-electron chi connectivity index (χ2n) is 8.53. The summed E-state index contributed by atoms with van der Waals surface area (Å²) in [7, 11) is 0. The molecule has 2 aromatic rings. The van der Waals surface area contributed by atoms with Crippen LogP contribution in [0.1, 0.15) is 48.4 Å². The third-order valence-electron chi connectivity index (χ3n) is 6.58. The molecule has 0 unspecified atom stereocenters. The van der Waals surface area contributed by atoms with Crippen molar-refractivity contribution in [2.24, 2.45) is 11.8 Å². The number of hydrogen-bond acceptors (Lipinski definition) is 4. The van der Waals surface area contributed by atoms with Gasteiger partial charge in [0.15, 0.2) is 5.76 Å². The van der Waals surface area contributed by atoms with Gasteiger partial charge >= 0.3 is 0 Å². The fourth-order valence-electron chi connectivity index (χ4n) is 4.86. The Hall–Kier alpha value is -2.08. The molecule has 3 aliphatic heterocycles. The van der Waals surface area contributed by atoms with Crippen LogP contribution in [-0.4, -0.2) is 57.7 Å². The maximum Gasteiger partial charge on any atom is 0.289 e. The zero-order chi connectivity index (χ0) is 18.2. The SMILES string of the molecule is O=C(c1ccc(Cn2cccn2)o1)N1C[C@H]2CC[C@@H](C1)N(CC1CCC1)C2. The first-order chi connectivity index (χ1) is 13.2. The van der Waals surface area contributed by atoms with Crippen LogP contribution in [0.5, 0.6) is 0 Å². The number of rotatable bonds is 5. The molecule has 2 bridgehead atoms. The molecule has 0 radical (unpaired) electrons. The Morgan fingerprint density at radius 3 is 2.85 bits per heavy atom. The molecule has 1 amide bonds. The summed E-state index contributed by atoms with van der Waals surface area (Å²) >= 11 is 0. The van der Waals surface area contributed by atoms with Crippen LogP contribution in [0.2, 0.25) is 0 Å². The first kappa shape index (κ1) is 17.0. The molecule has 0 spiro atoms. The average Bonchev–Trinajstić information content (AvgIpc) is 3.23. The van der Waals surface area contributed by atoms with Gasteiger partial charge in [0.25, 0.3) is 5.91 Å². The molecule has 6 nitrogen and oxygen atoms in total. The highest BCUT2D eigenvalue weighted by Gasteiger charge is 2.38. The van der Waals surface area contributed by atoms with Crippen molar-refractivity contribution in [2.45, 2.75) is 44.7 Å². The standard InChI is InChI=1S/C21H28N4O2/c26-21(20-8-7-19(27-20)15-25-10-2-9-22-25)24-13-17-5-6-18(14-24)23(12-17)11-16-3-1-4-16/h2,7-10,16-18H,1,3-6,11-15H2/t17-,18-/m0/s1. The number of aromatic nitrogens is 2. The van der Waals surface area contributed by atoms with E-state index in [0.717, 1.165) is 31.3 Å². The van der Waals surface area contributed by atoms with Crippen molar-refractivity contribution in [3.63, 3.8) is 0 Å². The van der Waals surface area contributed by atoms with Crippen molar-refractivity contribution in [1.29, 1.82) is 0 Å². The number of carbonyl (C=O) groups is 1. The minimum Gasteiger partial charge on any atom is -0.454 e. The quantitative estimate of drug-likeness (QED) is 0.814. The van der Waals surface area contributed by atoms with Crippen LogP contribution >= 0.6 is 0 Å². The van der Waals surface area contributed by atoms with Gasteiger partial charge in [-0.15, -0.1) is 0 Å². The second-order valence-corrected chi connectivity index (χ2v) is 8.53. The Labute approximate surface area is 160 Å². The molecule has 6 heteroatoms. The van der Waals surface area contributed by atoms with Crippen LogP contribution in [0.25, 0.3) is 0 Å². The van der Waals surface area contributed by atoms with E-state index in [0.29, 0.717) is 24.3 Å². The molecule has 5 heterocycles. The van der Waals surface area contributed by atoms with Gasteiger partial charge in [0.1, 0.15) is 5.76 Å². The lowest BCUT2D eigenvalue weighted by atomic mass is 9.83. The predicted molar refractivity (Wildman–Crippen MR) is 101 cm³/mol. The third kappa shape index (κ3) is 3.55. The maximum atomic E-state index is 13.1. The molecule has 27 heavy (non-hydrogen) atoms. The van der Waals surface area contributed by atoms with Gasteiger partial charge in [-0.3, -0.25) is 14.4 Å².